The summed E-state index contributed by atoms with van der Waals surface area (Å²) in [6.45, 7) is 1.77. The van der Waals surface area contributed by atoms with Crippen molar-refractivity contribution in [3.05, 3.63) is 33.9 Å². The molecule has 2 rings (SSSR count). The molecule has 1 heterocycles. The number of benzene rings is 1. The number of nitrogens with two attached hydrogens (primary N) is 1. The van der Waals surface area contributed by atoms with Gasteiger partial charge in [0.25, 0.3) is 5.91 Å². The van der Waals surface area contributed by atoms with E-state index in [9.17, 15) is 8.68 Å². The summed E-state index contributed by atoms with van der Waals surface area (Å²) >= 11 is 3.42. The third-order valence-electron chi connectivity index (χ3n) is 2.37. The SMILES string of the molecule is Cc1cc2c(Br)ccc(C(N)=O)c2n1SF. The van der Waals surface area contributed by atoms with E-state index in [0.29, 0.717) is 11.1 Å². The Labute approximate surface area is 104 Å². The van der Waals surface area contributed by atoms with Crippen LogP contribution in [0.25, 0.3) is 10.9 Å². The maximum atomic E-state index is 12.8. The van der Waals surface area contributed by atoms with E-state index >= 15 is 0 Å². The Balaban J connectivity index is 2.94. The Morgan fingerprint density at radius 1 is 1.56 bits per heavy atom. The third kappa shape index (κ3) is 1.62. The first-order chi connectivity index (χ1) is 7.56. The van der Waals surface area contributed by atoms with Crippen molar-refractivity contribution in [3.8, 4) is 0 Å². The van der Waals surface area contributed by atoms with Crippen LogP contribution in [0.3, 0.4) is 0 Å². The highest BCUT2D eigenvalue weighted by Gasteiger charge is 2.16. The second-order valence-corrected chi connectivity index (χ2v) is 4.73. The molecule has 0 aliphatic carbocycles. The van der Waals surface area contributed by atoms with Crippen molar-refractivity contribution >= 4 is 45.1 Å². The van der Waals surface area contributed by atoms with Crippen LogP contribution in [0.5, 0.6) is 0 Å². The summed E-state index contributed by atoms with van der Waals surface area (Å²) in [5.41, 5.74) is 6.81. The lowest BCUT2D eigenvalue weighted by atomic mass is 10.1. The van der Waals surface area contributed by atoms with Crippen LogP contribution >= 0.6 is 28.3 Å². The average Bonchev–Trinajstić information content (AvgIpc) is 2.55. The van der Waals surface area contributed by atoms with Crippen molar-refractivity contribution in [2.24, 2.45) is 5.73 Å². The molecule has 2 aromatic rings. The molecule has 0 aliphatic heterocycles. The van der Waals surface area contributed by atoms with E-state index < -0.39 is 5.91 Å². The fraction of sp³-hybridized carbons (Fsp3) is 0.100. The van der Waals surface area contributed by atoms with Crippen molar-refractivity contribution in [3.63, 3.8) is 0 Å². The molecule has 1 aromatic heterocycles. The van der Waals surface area contributed by atoms with Crippen LogP contribution in [0.15, 0.2) is 22.7 Å². The van der Waals surface area contributed by atoms with Crippen molar-refractivity contribution in [2.75, 3.05) is 0 Å². The largest absolute Gasteiger partial charge is 0.366 e. The standard InChI is InChI=1S/C10H8BrFN2OS/c1-5-4-7-8(11)3-2-6(10(13)15)9(7)14(5)16-12/h2-4H,1H3,(H2,13,15). The van der Waals surface area contributed by atoms with Gasteiger partial charge in [0, 0.05) is 15.6 Å². The van der Waals surface area contributed by atoms with E-state index in [1.165, 1.54) is 3.97 Å². The number of halogens is 2. The Hall–Kier alpha value is -1.01. The quantitative estimate of drug-likeness (QED) is 0.926. The second kappa shape index (κ2) is 4.10. The normalized spacial score (nSPS) is 10.9. The second-order valence-electron chi connectivity index (χ2n) is 3.37. The molecule has 16 heavy (non-hydrogen) atoms. The number of carbonyl (C=O) groups is 1. The van der Waals surface area contributed by atoms with Gasteiger partial charge in [-0.25, -0.2) is 0 Å². The van der Waals surface area contributed by atoms with Gasteiger partial charge in [-0.15, -0.1) is 3.89 Å². The van der Waals surface area contributed by atoms with E-state index in [-0.39, 0.29) is 12.3 Å². The highest BCUT2D eigenvalue weighted by molar-refractivity contribution is 9.10. The first-order valence-electron chi connectivity index (χ1n) is 4.45. The smallest absolute Gasteiger partial charge is 0.250 e. The van der Waals surface area contributed by atoms with Crippen LogP contribution in [0.4, 0.5) is 3.89 Å². The molecule has 0 saturated carbocycles. The number of rotatable bonds is 2. The maximum absolute atomic E-state index is 12.8. The summed E-state index contributed by atoms with van der Waals surface area (Å²) in [4.78, 5) is 11.3. The highest BCUT2D eigenvalue weighted by atomic mass is 79.9. The predicted molar refractivity (Wildman–Crippen MR) is 67.0 cm³/mol. The molecular weight excluding hydrogens is 295 g/mol. The zero-order chi connectivity index (χ0) is 11.9. The first kappa shape index (κ1) is 11.5. The number of carbonyl (C=O) groups excluding carboxylic acids is 1. The average molecular weight is 303 g/mol. The van der Waals surface area contributed by atoms with E-state index in [2.05, 4.69) is 15.9 Å². The van der Waals surface area contributed by atoms with Crippen molar-refractivity contribution in [1.82, 2.24) is 3.97 Å². The molecule has 1 aromatic carbocycles. The van der Waals surface area contributed by atoms with Gasteiger partial charge in [-0.1, -0.05) is 15.9 Å². The van der Waals surface area contributed by atoms with Gasteiger partial charge in [0.1, 0.15) is 0 Å². The van der Waals surface area contributed by atoms with Gasteiger partial charge in [0.05, 0.1) is 11.1 Å². The lowest BCUT2D eigenvalue weighted by molar-refractivity contribution is 0.100. The van der Waals surface area contributed by atoms with E-state index in [4.69, 9.17) is 5.73 Å². The maximum Gasteiger partial charge on any atom is 0.250 e. The van der Waals surface area contributed by atoms with Gasteiger partial charge in [0.15, 0.2) is 12.3 Å². The molecule has 0 fully saturated rings. The van der Waals surface area contributed by atoms with E-state index in [1.54, 1.807) is 25.1 Å². The number of fused-ring (bicyclic) bond motifs is 1. The molecule has 0 atom stereocenters. The molecule has 1 amide bonds. The van der Waals surface area contributed by atoms with Gasteiger partial charge in [-0.2, -0.15) is 0 Å². The van der Waals surface area contributed by atoms with Crippen LogP contribution in [0.1, 0.15) is 16.1 Å². The van der Waals surface area contributed by atoms with Crippen LogP contribution < -0.4 is 5.73 Å². The van der Waals surface area contributed by atoms with Crippen molar-refractivity contribution in [2.45, 2.75) is 6.92 Å². The summed E-state index contributed by atoms with van der Waals surface area (Å²) in [6, 6.07) is 5.12. The number of primary amides is 1. The Morgan fingerprint density at radius 2 is 2.25 bits per heavy atom. The summed E-state index contributed by atoms with van der Waals surface area (Å²) < 4.78 is 15.0. The van der Waals surface area contributed by atoms with Crippen LogP contribution in [-0.4, -0.2) is 9.88 Å². The number of hydrogen-bond donors (Lipinski definition) is 1. The van der Waals surface area contributed by atoms with Crippen LogP contribution in [-0.2, 0) is 0 Å². The molecule has 0 saturated heterocycles. The third-order valence-corrected chi connectivity index (χ3v) is 3.68. The van der Waals surface area contributed by atoms with Crippen LogP contribution in [0, 0.1) is 6.92 Å². The Bertz CT molecular complexity index is 582. The van der Waals surface area contributed by atoms with Crippen LogP contribution in [0.2, 0.25) is 0 Å². The Kier molecular flexibility index (Phi) is 2.94. The van der Waals surface area contributed by atoms with Crippen molar-refractivity contribution in [1.29, 1.82) is 0 Å². The predicted octanol–water partition coefficient (Wildman–Crippen LogP) is 3.19. The molecule has 0 aliphatic rings. The van der Waals surface area contributed by atoms with Gasteiger partial charge < -0.3 is 5.73 Å². The molecule has 84 valence electrons. The number of aryl methyl sites for hydroxylation is 1. The minimum atomic E-state index is -0.564. The summed E-state index contributed by atoms with van der Waals surface area (Å²) in [6.07, 6.45) is 0. The zero-order valence-electron chi connectivity index (χ0n) is 8.33. The minimum Gasteiger partial charge on any atom is -0.366 e. The number of hydrogen-bond acceptors (Lipinski definition) is 2. The topological polar surface area (TPSA) is 48.0 Å². The zero-order valence-corrected chi connectivity index (χ0v) is 10.7. The fourth-order valence-electron chi connectivity index (χ4n) is 1.67. The lowest BCUT2D eigenvalue weighted by Gasteiger charge is -2.04. The monoisotopic (exact) mass is 302 g/mol. The Morgan fingerprint density at radius 3 is 2.81 bits per heavy atom. The number of amides is 1. The molecular formula is C10H8BrFN2OS. The molecule has 6 heteroatoms. The molecule has 2 N–H and O–H groups in total. The fourth-order valence-corrected chi connectivity index (χ4v) is 2.53. The number of aromatic nitrogens is 1. The van der Waals surface area contributed by atoms with Gasteiger partial charge in [0.2, 0.25) is 0 Å². The lowest BCUT2D eigenvalue weighted by Crippen LogP contribution is -2.12. The van der Waals surface area contributed by atoms with E-state index in [0.717, 1.165) is 15.6 Å². The molecule has 0 bridgehead atoms. The molecule has 0 spiro atoms. The van der Waals surface area contributed by atoms with Gasteiger partial charge >= 0.3 is 0 Å². The first-order valence-corrected chi connectivity index (χ1v) is 5.92. The summed E-state index contributed by atoms with van der Waals surface area (Å²) in [5.74, 6) is -0.564. The summed E-state index contributed by atoms with van der Waals surface area (Å²) in [5, 5.41) is 0.777. The number of nitrogens with zero attached hydrogens (tertiary/aromatic N) is 1. The summed E-state index contributed by atoms with van der Waals surface area (Å²) in [7, 11) is 0. The van der Waals surface area contributed by atoms with E-state index in [1.807, 2.05) is 0 Å². The molecule has 3 nitrogen and oxygen atoms in total. The molecule has 0 unspecified atom stereocenters. The molecule has 0 radical (unpaired) electrons. The van der Waals surface area contributed by atoms with Gasteiger partial charge in [-0.3, -0.25) is 8.77 Å². The minimum absolute atomic E-state index is 0.0599. The van der Waals surface area contributed by atoms with Crippen molar-refractivity contribution < 1.29 is 8.68 Å². The van der Waals surface area contributed by atoms with Gasteiger partial charge in [-0.05, 0) is 25.1 Å². The highest BCUT2D eigenvalue weighted by Crippen LogP contribution is 2.32.